The van der Waals surface area contributed by atoms with Crippen LogP contribution in [-0.2, 0) is 16.0 Å². The number of hydrogen-bond donors (Lipinski definition) is 0. The number of ether oxygens (including phenoxy) is 1. The van der Waals surface area contributed by atoms with Crippen molar-refractivity contribution in [3.05, 3.63) is 35.4 Å². The Morgan fingerprint density at radius 2 is 2.12 bits per heavy atom. The lowest BCUT2D eigenvalue weighted by Crippen LogP contribution is -2.22. The van der Waals surface area contributed by atoms with E-state index in [0.29, 0.717) is 24.5 Å². The van der Waals surface area contributed by atoms with Crippen LogP contribution < -0.4 is 0 Å². The molecule has 1 unspecified atom stereocenters. The molecule has 3 heteroatoms. The van der Waals surface area contributed by atoms with Crippen LogP contribution in [0, 0.1) is 17.2 Å². The molecular weight excluding hydrogens is 202 g/mol. The minimum atomic E-state index is -0.0927. The lowest BCUT2D eigenvalue weighted by molar-refractivity contribution is -0.149. The van der Waals surface area contributed by atoms with Crippen molar-refractivity contribution in [2.45, 2.75) is 19.3 Å². The molecule has 1 aliphatic rings. The van der Waals surface area contributed by atoms with Gasteiger partial charge in [0.25, 0.3) is 0 Å². The molecule has 0 aliphatic carbocycles. The predicted octanol–water partition coefficient (Wildman–Crippen LogP) is 2.05. The summed E-state index contributed by atoms with van der Waals surface area (Å²) < 4.78 is 4.90. The molecule has 1 heterocycles. The van der Waals surface area contributed by atoms with Gasteiger partial charge in [-0.05, 0) is 36.5 Å². The number of nitrogens with zero attached hydrogens (tertiary/aromatic N) is 1. The second-order valence-electron chi connectivity index (χ2n) is 4.09. The quantitative estimate of drug-likeness (QED) is 0.709. The molecule has 3 nitrogen and oxygen atoms in total. The average molecular weight is 215 g/mol. The molecule has 0 amide bonds. The van der Waals surface area contributed by atoms with Crippen LogP contribution in [0.25, 0.3) is 0 Å². The van der Waals surface area contributed by atoms with Crippen LogP contribution in [0.15, 0.2) is 24.3 Å². The maximum absolute atomic E-state index is 11.1. The van der Waals surface area contributed by atoms with Gasteiger partial charge in [-0.3, -0.25) is 4.79 Å². The Bertz CT molecular complexity index is 417. The summed E-state index contributed by atoms with van der Waals surface area (Å²) in [6, 6.07) is 9.64. The van der Waals surface area contributed by atoms with Gasteiger partial charge < -0.3 is 4.74 Å². The number of cyclic esters (lactones) is 1. The van der Waals surface area contributed by atoms with Crippen LogP contribution in [0.2, 0.25) is 0 Å². The van der Waals surface area contributed by atoms with Crippen molar-refractivity contribution >= 4 is 5.97 Å². The second-order valence-corrected chi connectivity index (χ2v) is 4.09. The maximum atomic E-state index is 11.1. The Labute approximate surface area is 94.6 Å². The van der Waals surface area contributed by atoms with Crippen molar-refractivity contribution in [3.8, 4) is 6.07 Å². The molecule has 1 aliphatic heterocycles. The van der Waals surface area contributed by atoms with Crippen LogP contribution in [0.1, 0.15) is 24.0 Å². The fraction of sp³-hybridized carbons (Fsp3) is 0.385. The summed E-state index contributed by atoms with van der Waals surface area (Å²) in [6.45, 7) is 0.541. The molecule has 2 rings (SSSR count). The van der Waals surface area contributed by atoms with Gasteiger partial charge in [0.15, 0.2) is 0 Å². The third kappa shape index (κ3) is 2.60. The van der Waals surface area contributed by atoms with Gasteiger partial charge in [0, 0.05) is 6.42 Å². The number of carbonyl (C=O) groups excluding carboxylic acids is 1. The molecule has 0 radical (unpaired) electrons. The van der Waals surface area contributed by atoms with Gasteiger partial charge in [-0.1, -0.05) is 12.1 Å². The summed E-state index contributed by atoms with van der Waals surface area (Å²) in [7, 11) is 0. The molecule has 0 bridgehead atoms. The van der Waals surface area contributed by atoms with E-state index in [1.807, 2.05) is 24.3 Å². The molecular formula is C13H13NO2. The molecule has 0 spiro atoms. The summed E-state index contributed by atoms with van der Waals surface area (Å²) in [5, 5.41) is 8.67. The number of nitriles is 1. The van der Waals surface area contributed by atoms with Crippen LogP contribution in [0.5, 0.6) is 0 Å². The van der Waals surface area contributed by atoms with Crippen molar-refractivity contribution in [1.29, 1.82) is 5.26 Å². The van der Waals surface area contributed by atoms with Crippen LogP contribution in [0.4, 0.5) is 0 Å². The van der Waals surface area contributed by atoms with E-state index < -0.39 is 0 Å². The summed E-state index contributed by atoms with van der Waals surface area (Å²) in [4.78, 5) is 11.1. The topological polar surface area (TPSA) is 50.1 Å². The van der Waals surface area contributed by atoms with Crippen molar-refractivity contribution in [2.24, 2.45) is 5.92 Å². The first-order valence-corrected chi connectivity index (χ1v) is 5.42. The smallest absolute Gasteiger partial charge is 0.306 e. The SMILES string of the molecule is N#Cc1ccc(CC2CCOC(=O)C2)cc1. The van der Waals surface area contributed by atoms with Crippen LogP contribution >= 0.6 is 0 Å². The van der Waals surface area contributed by atoms with Gasteiger partial charge >= 0.3 is 5.97 Å². The Balaban J connectivity index is 1.98. The lowest BCUT2D eigenvalue weighted by Gasteiger charge is -2.21. The first-order chi connectivity index (χ1) is 7.78. The van der Waals surface area contributed by atoms with E-state index in [2.05, 4.69) is 6.07 Å². The number of hydrogen-bond acceptors (Lipinski definition) is 3. The van der Waals surface area contributed by atoms with E-state index in [4.69, 9.17) is 10.00 Å². The standard InChI is InChI=1S/C13H13NO2/c14-9-11-3-1-10(2-4-11)7-12-5-6-16-13(15)8-12/h1-4,12H,5-8H2. The highest BCUT2D eigenvalue weighted by molar-refractivity contribution is 5.70. The highest BCUT2D eigenvalue weighted by Crippen LogP contribution is 2.20. The molecule has 0 saturated carbocycles. The van der Waals surface area contributed by atoms with E-state index in [1.54, 1.807) is 0 Å². The summed E-state index contributed by atoms with van der Waals surface area (Å²) >= 11 is 0. The number of esters is 1. The second kappa shape index (κ2) is 4.80. The molecule has 16 heavy (non-hydrogen) atoms. The van der Waals surface area contributed by atoms with Crippen molar-refractivity contribution in [3.63, 3.8) is 0 Å². The van der Waals surface area contributed by atoms with Gasteiger partial charge in [-0.25, -0.2) is 0 Å². The Morgan fingerprint density at radius 3 is 2.75 bits per heavy atom. The molecule has 0 aromatic heterocycles. The Hall–Kier alpha value is -1.82. The largest absolute Gasteiger partial charge is 0.466 e. The molecule has 1 aromatic carbocycles. The fourth-order valence-corrected chi connectivity index (χ4v) is 1.96. The molecule has 1 atom stereocenters. The zero-order valence-electron chi connectivity index (χ0n) is 8.98. The van der Waals surface area contributed by atoms with E-state index in [-0.39, 0.29) is 5.97 Å². The van der Waals surface area contributed by atoms with Crippen molar-refractivity contribution in [2.75, 3.05) is 6.61 Å². The molecule has 0 N–H and O–H groups in total. The minimum Gasteiger partial charge on any atom is -0.466 e. The Kier molecular flexibility index (Phi) is 3.21. The highest BCUT2D eigenvalue weighted by atomic mass is 16.5. The van der Waals surface area contributed by atoms with E-state index in [1.165, 1.54) is 5.56 Å². The van der Waals surface area contributed by atoms with E-state index >= 15 is 0 Å². The summed E-state index contributed by atoms with van der Waals surface area (Å²) in [6.07, 6.45) is 2.34. The fourth-order valence-electron chi connectivity index (χ4n) is 1.96. The van der Waals surface area contributed by atoms with Crippen LogP contribution in [0.3, 0.4) is 0 Å². The molecule has 1 aromatic rings. The zero-order valence-corrected chi connectivity index (χ0v) is 8.98. The number of rotatable bonds is 2. The number of benzene rings is 1. The van der Waals surface area contributed by atoms with Gasteiger partial charge in [0.1, 0.15) is 0 Å². The van der Waals surface area contributed by atoms with Gasteiger partial charge in [0.2, 0.25) is 0 Å². The normalized spacial score (nSPS) is 19.9. The van der Waals surface area contributed by atoms with Gasteiger partial charge in [-0.2, -0.15) is 5.26 Å². The maximum Gasteiger partial charge on any atom is 0.306 e. The van der Waals surface area contributed by atoms with Gasteiger partial charge in [0.05, 0.1) is 18.2 Å². The van der Waals surface area contributed by atoms with Crippen molar-refractivity contribution in [1.82, 2.24) is 0 Å². The average Bonchev–Trinajstić information content (AvgIpc) is 2.30. The number of carbonyl (C=O) groups is 1. The van der Waals surface area contributed by atoms with Crippen LogP contribution in [-0.4, -0.2) is 12.6 Å². The molecule has 82 valence electrons. The summed E-state index contributed by atoms with van der Waals surface area (Å²) in [5.41, 5.74) is 1.85. The minimum absolute atomic E-state index is 0.0927. The first-order valence-electron chi connectivity index (χ1n) is 5.42. The third-order valence-electron chi connectivity index (χ3n) is 2.85. The van der Waals surface area contributed by atoms with Crippen molar-refractivity contribution < 1.29 is 9.53 Å². The molecule has 1 fully saturated rings. The Morgan fingerprint density at radius 1 is 1.38 bits per heavy atom. The molecule has 1 saturated heterocycles. The highest BCUT2D eigenvalue weighted by Gasteiger charge is 2.20. The summed E-state index contributed by atoms with van der Waals surface area (Å²) in [5.74, 6) is 0.291. The predicted molar refractivity (Wildman–Crippen MR) is 58.5 cm³/mol. The lowest BCUT2D eigenvalue weighted by atomic mass is 9.92. The zero-order chi connectivity index (χ0) is 11.4. The third-order valence-corrected chi connectivity index (χ3v) is 2.85. The van der Waals surface area contributed by atoms with Gasteiger partial charge in [-0.15, -0.1) is 0 Å². The first kappa shape index (κ1) is 10.7. The van der Waals surface area contributed by atoms with E-state index in [0.717, 1.165) is 12.8 Å². The monoisotopic (exact) mass is 215 g/mol. The van der Waals surface area contributed by atoms with E-state index in [9.17, 15) is 4.79 Å².